The van der Waals surface area contributed by atoms with Crippen molar-refractivity contribution in [3.8, 4) is 17.2 Å². The lowest BCUT2D eigenvalue weighted by Crippen LogP contribution is -2.64. The Bertz CT molecular complexity index is 1190. The number of carbonyl (C=O) groups is 2. The number of aromatic hydroxyl groups is 1. The number of aromatic carboxylic acids is 1. The van der Waals surface area contributed by atoms with Gasteiger partial charge in [-0.2, -0.15) is 0 Å². The Morgan fingerprint density at radius 2 is 1.94 bits per heavy atom. The minimum Gasteiger partial charge on any atom is -0.504 e. The monoisotopic (exact) mass is 465 g/mol. The second kappa shape index (κ2) is 8.14. The summed E-state index contributed by atoms with van der Waals surface area (Å²) in [4.78, 5) is 23.6. The van der Waals surface area contributed by atoms with Crippen LogP contribution < -0.4 is 9.47 Å². The van der Waals surface area contributed by atoms with E-state index in [1.54, 1.807) is 18.2 Å². The first-order valence-corrected chi connectivity index (χ1v) is 11.3. The van der Waals surface area contributed by atoms with E-state index in [0.29, 0.717) is 17.7 Å². The predicted octanol–water partition coefficient (Wildman–Crippen LogP) is 2.51. The highest BCUT2D eigenvalue weighted by Gasteiger charge is 2.64. The van der Waals surface area contributed by atoms with Gasteiger partial charge in [0.15, 0.2) is 11.5 Å². The van der Waals surface area contributed by atoms with Crippen LogP contribution in [0.2, 0.25) is 0 Å². The number of carboxylic acids is 1. The number of carboxylic acid groups (broad SMARTS) is 1. The molecule has 8 heteroatoms. The molecule has 0 saturated carbocycles. The number of phenols is 1. The molecule has 2 bridgehead atoms. The number of hydrogen-bond acceptors (Lipinski definition) is 7. The largest absolute Gasteiger partial charge is 0.504 e. The van der Waals surface area contributed by atoms with Crippen molar-refractivity contribution >= 4 is 11.9 Å². The van der Waals surface area contributed by atoms with Gasteiger partial charge in [-0.05, 0) is 50.2 Å². The summed E-state index contributed by atoms with van der Waals surface area (Å²) in [5, 5.41) is 29.3. The molecule has 2 heterocycles. The van der Waals surface area contributed by atoms with Crippen LogP contribution in [0.15, 0.2) is 48.6 Å². The van der Waals surface area contributed by atoms with E-state index in [4.69, 9.17) is 9.84 Å². The minimum absolute atomic E-state index is 0.0160. The number of ether oxygens (including phenoxy) is 2. The van der Waals surface area contributed by atoms with Gasteiger partial charge >= 0.3 is 11.9 Å². The average Bonchev–Trinajstić information content (AvgIpc) is 3.15. The van der Waals surface area contributed by atoms with Gasteiger partial charge in [-0.25, -0.2) is 4.79 Å². The molecule has 2 aromatic carbocycles. The molecular formula is C26H27NO7. The van der Waals surface area contributed by atoms with Crippen molar-refractivity contribution in [2.24, 2.45) is 5.92 Å². The summed E-state index contributed by atoms with van der Waals surface area (Å²) < 4.78 is 10.8. The number of aliphatic hydroxyl groups excluding tert-OH is 1. The molecule has 2 aliphatic heterocycles. The van der Waals surface area contributed by atoms with E-state index < -0.39 is 18.0 Å². The minimum atomic E-state index is -1.11. The molecular weight excluding hydrogens is 438 g/mol. The zero-order valence-corrected chi connectivity index (χ0v) is 19.0. The Morgan fingerprint density at radius 3 is 2.68 bits per heavy atom. The van der Waals surface area contributed by atoms with Crippen molar-refractivity contribution in [3.63, 3.8) is 0 Å². The Labute approximate surface area is 197 Å². The van der Waals surface area contributed by atoms with E-state index in [9.17, 15) is 19.8 Å². The van der Waals surface area contributed by atoms with Crippen LogP contribution in [-0.2, 0) is 16.6 Å². The maximum Gasteiger partial charge on any atom is 0.339 e. The van der Waals surface area contributed by atoms with Gasteiger partial charge in [0.05, 0.1) is 0 Å². The lowest BCUT2D eigenvalue weighted by molar-refractivity contribution is -0.131. The number of aliphatic hydroxyl groups is 1. The fraction of sp³-hybridized carbons (Fsp3) is 0.385. The van der Waals surface area contributed by atoms with Crippen molar-refractivity contribution in [1.29, 1.82) is 0 Å². The Morgan fingerprint density at radius 1 is 1.18 bits per heavy atom. The van der Waals surface area contributed by atoms with Crippen molar-refractivity contribution < 1.29 is 34.4 Å². The molecule has 1 spiro atoms. The van der Waals surface area contributed by atoms with Gasteiger partial charge in [0.2, 0.25) is 0 Å². The Balaban J connectivity index is 0.000000161. The summed E-state index contributed by atoms with van der Waals surface area (Å²) in [6.07, 6.45) is 5.18. The number of likely N-dealkylation sites (tertiary alicyclic amines) is 1. The quantitative estimate of drug-likeness (QED) is 0.352. The highest BCUT2D eigenvalue weighted by Crippen LogP contribution is 2.62. The van der Waals surface area contributed by atoms with Gasteiger partial charge < -0.3 is 29.7 Å². The third kappa shape index (κ3) is 3.28. The first-order chi connectivity index (χ1) is 16.2. The van der Waals surface area contributed by atoms with Crippen LogP contribution in [0.3, 0.4) is 0 Å². The lowest BCUT2D eigenvalue weighted by atomic mass is 9.53. The molecule has 0 aromatic heterocycles. The third-order valence-electron chi connectivity index (χ3n) is 7.52. The fourth-order valence-electron chi connectivity index (χ4n) is 6.13. The summed E-state index contributed by atoms with van der Waals surface area (Å²) in [7, 11) is 2.19. The summed E-state index contributed by atoms with van der Waals surface area (Å²) in [6.45, 7) is 2.23. The number of para-hydroxylation sites is 1. The number of nitrogens with zero attached hydrogens (tertiary/aromatic N) is 1. The molecule has 4 aliphatic rings. The molecule has 2 aromatic rings. The smallest absolute Gasteiger partial charge is 0.339 e. The summed E-state index contributed by atoms with van der Waals surface area (Å²) in [6, 6.07) is 10.2. The summed E-state index contributed by atoms with van der Waals surface area (Å²) in [5.41, 5.74) is 2.27. The molecule has 6 rings (SSSR count). The molecule has 0 unspecified atom stereocenters. The maximum atomic E-state index is 10.6. The van der Waals surface area contributed by atoms with Crippen LogP contribution >= 0.6 is 0 Å². The standard InChI is InChI=1S/C17H19NO3.C9H8O4/c1-18-7-6-17-10-3-5-13(20)16(17)21-15-12(19)4-2-9(14(15)17)8-11(10)18;1-6(10)13-8-5-3-2-4-7(8)9(11)12/h2-5,10-11,13,16,19-20H,6-8H2,1H3;2-5H,1H3,(H,11,12)/t10-,11+,13-,16-,17-;/m0./s1. The maximum absolute atomic E-state index is 10.6. The second-order valence-electron chi connectivity index (χ2n) is 9.33. The molecule has 2 aliphatic carbocycles. The number of esters is 1. The van der Waals surface area contributed by atoms with E-state index in [1.165, 1.54) is 30.2 Å². The van der Waals surface area contributed by atoms with Gasteiger partial charge in [-0.3, -0.25) is 4.79 Å². The van der Waals surface area contributed by atoms with E-state index in [2.05, 4.69) is 22.8 Å². The molecule has 5 atom stereocenters. The van der Waals surface area contributed by atoms with E-state index in [0.717, 1.165) is 19.4 Å². The van der Waals surface area contributed by atoms with E-state index in [-0.39, 0.29) is 28.6 Å². The summed E-state index contributed by atoms with van der Waals surface area (Å²) >= 11 is 0. The summed E-state index contributed by atoms with van der Waals surface area (Å²) in [5.74, 6) is -0.387. The first kappa shape index (κ1) is 22.4. The molecule has 8 nitrogen and oxygen atoms in total. The second-order valence-corrected chi connectivity index (χ2v) is 9.33. The number of carbonyl (C=O) groups excluding carboxylic acids is 1. The molecule has 34 heavy (non-hydrogen) atoms. The number of phenolic OH excluding ortho intramolecular Hbond substituents is 1. The van der Waals surface area contributed by atoms with Crippen LogP contribution in [0.1, 0.15) is 34.8 Å². The first-order valence-electron chi connectivity index (χ1n) is 11.3. The molecule has 0 radical (unpaired) electrons. The SMILES string of the molecule is CC(=O)Oc1ccccc1C(=O)O.CN1CC[C@]23c4c5ccc(O)c4O[C@H]2[C@@H](O)C=C[C@H]3[C@H]1C5. The van der Waals surface area contributed by atoms with E-state index >= 15 is 0 Å². The third-order valence-corrected chi connectivity index (χ3v) is 7.52. The topological polar surface area (TPSA) is 117 Å². The number of likely N-dealkylation sites (N-methyl/N-ethyl adjacent to an activating group) is 1. The zero-order valence-electron chi connectivity index (χ0n) is 19.0. The van der Waals surface area contributed by atoms with Crippen LogP contribution in [0, 0.1) is 5.92 Å². The van der Waals surface area contributed by atoms with Crippen LogP contribution in [0.4, 0.5) is 0 Å². The van der Waals surface area contributed by atoms with Crippen molar-refractivity contribution in [1.82, 2.24) is 4.90 Å². The Hall–Kier alpha value is -3.36. The van der Waals surface area contributed by atoms with Gasteiger partial charge in [0.1, 0.15) is 23.5 Å². The fourth-order valence-corrected chi connectivity index (χ4v) is 6.13. The van der Waals surface area contributed by atoms with Crippen LogP contribution in [0.25, 0.3) is 0 Å². The van der Waals surface area contributed by atoms with E-state index in [1.807, 2.05) is 12.1 Å². The number of benzene rings is 2. The number of rotatable bonds is 2. The lowest BCUT2D eigenvalue weighted by Gasteiger charge is -2.56. The molecule has 178 valence electrons. The van der Waals surface area contributed by atoms with Gasteiger partial charge in [0, 0.05) is 29.9 Å². The van der Waals surface area contributed by atoms with Crippen LogP contribution in [-0.4, -0.2) is 64.0 Å². The van der Waals surface area contributed by atoms with Crippen molar-refractivity contribution in [2.45, 2.75) is 43.4 Å². The normalized spacial score (nSPS) is 29.9. The average molecular weight is 466 g/mol. The molecule has 1 fully saturated rings. The van der Waals surface area contributed by atoms with Gasteiger partial charge in [0.25, 0.3) is 0 Å². The number of hydrogen-bond donors (Lipinski definition) is 3. The van der Waals surface area contributed by atoms with Gasteiger partial charge in [-0.15, -0.1) is 0 Å². The number of piperidine rings is 1. The highest BCUT2D eigenvalue weighted by molar-refractivity contribution is 5.91. The Kier molecular flexibility index (Phi) is 5.37. The molecule has 1 saturated heterocycles. The molecule has 0 amide bonds. The van der Waals surface area contributed by atoms with Crippen LogP contribution in [0.5, 0.6) is 17.2 Å². The molecule has 3 N–H and O–H groups in total. The van der Waals surface area contributed by atoms with Gasteiger partial charge in [-0.1, -0.05) is 30.4 Å². The van der Waals surface area contributed by atoms with Crippen molar-refractivity contribution in [3.05, 3.63) is 65.2 Å². The highest BCUT2D eigenvalue weighted by atomic mass is 16.5. The van der Waals surface area contributed by atoms with Crippen molar-refractivity contribution in [2.75, 3.05) is 13.6 Å². The predicted molar refractivity (Wildman–Crippen MR) is 122 cm³/mol. The zero-order chi connectivity index (χ0) is 24.2.